The van der Waals surface area contributed by atoms with Crippen molar-refractivity contribution in [2.45, 2.75) is 77.4 Å². The second-order valence-corrected chi connectivity index (χ2v) is 9.45. The maximum absolute atomic E-state index is 13.7. The summed E-state index contributed by atoms with van der Waals surface area (Å²) >= 11 is 0. The third-order valence-corrected chi connectivity index (χ3v) is 7.88. The van der Waals surface area contributed by atoms with Crippen molar-refractivity contribution in [3.05, 3.63) is 23.3 Å². The summed E-state index contributed by atoms with van der Waals surface area (Å²) in [6.45, 7) is 9.58. The average Bonchev–Trinajstić information content (AvgIpc) is 3.25. The summed E-state index contributed by atoms with van der Waals surface area (Å²) in [5, 5.41) is 24.9. The van der Waals surface area contributed by atoms with Crippen LogP contribution in [0.1, 0.15) is 47.5 Å². The molecule has 154 valence electrons. The quantitative estimate of drug-likeness (QED) is 0.331. The minimum absolute atomic E-state index is 0.115. The highest BCUT2D eigenvalue weighted by atomic mass is 16.6. The maximum atomic E-state index is 13.7. The number of Topliss-reactive ketones (excluding diaryl/α,β-unsaturated/α-hetero) is 1. The molecule has 1 amide bonds. The number of allylic oxidation sites excluding steroid dienone is 1. The maximum Gasteiger partial charge on any atom is 0.235 e. The lowest BCUT2D eigenvalue weighted by atomic mass is 9.55. The minimum Gasteiger partial charge on any atom is -0.390 e. The normalized spacial score (nSPS) is 52.2. The van der Waals surface area contributed by atoms with Gasteiger partial charge in [0.25, 0.3) is 0 Å². The molecular weight excluding hydrogens is 358 g/mol. The second kappa shape index (κ2) is 6.25. The van der Waals surface area contributed by atoms with E-state index in [2.05, 4.69) is 12.2 Å². The molecule has 1 spiro atoms. The predicted molar refractivity (Wildman–Crippen MR) is 103 cm³/mol. The number of epoxide rings is 1. The van der Waals surface area contributed by atoms with E-state index >= 15 is 0 Å². The fraction of sp³-hybridized carbons (Fsp3) is 0.727. The summed E-state index contributed by atoms with van der Waals surface area (Å²) in [6.07, 6.45) is 2.38. The van der Waals surface area contributed by atoms with Crippen molar-refractivity contribution in [1.82, 2.24) is 5.32 Å². The number of ketones is 1. The van der Waals surface area contributed by atoms with Gasteiger partial charge in [-0.2, -0.15) is 0 Å². The van der Waals surface area contributed by atoms with Crippen molar-refractivity contribution in [3.63, 3.8) is 0 Å². The molecule has 2 heterocycles. The first-order chi connectivity index (χ1) is 13.1. The summed E-state index contributed by atoms with van der Waals surface area (Å²) in [5.74, 6) is -1.45. The first kappa shape index (κ1) is 19.8. The number of amides is 1. The smallest absolute Gasteiger partial charge is 0.235 e. The molecule has 2 aliphatic carbocycles. The molecule has 0 radical (unpaired) electrons. The molecule has 4 rings (SSSR count). The standard InChI is InChI=1S/C22H31NO5/c1-10-7-6-8-14-18(26)12(3)11(2)17-13(4)23-20(27)22(14,17)16(25)9-15(24)21(5)19(10)28-21/h6,8,10,13-15,17-19,24,26H,7,9H2,1-5H3,(H,23,27)/b8-6+/t10-,13-,14-,15-,17-,18+,19+,21-,22+/m0/s1. The van der Waals surface area contributed by atoms with E-state index in [9.17, 15) is 19.8 Å². The highest BCUT2D eigenvalue weighted by Crippen LogP contribution is 2.56. The molecule has 6 heteroatoms. The van der Waals surface area contributed by atoms with Crippen LogP contribution in [-0.2, 0) is 14.3 Å². The molecule has 0 aromatic heterocycles. The largest absolute Gasteiger partial charge is 0.390 e. The van der Waals surface area contributed by atoms with E-state index in [1.165, 1.54) is 0 Å². The summed E-state index contributed by atoms with van der Waals surface area (Å²) in [7, 11) is 0. The van der Waals surface area contributed by atoms with E-state index in [1.807, 2.05) is 39.8 Å². The van der Waals surface area contributed by atoms with Crippen LogP contribution in [0.25, 0.3) is 0 Å². The predicted octanol–water partition coefficient (Wildman–Crippen LogP) is 1.51. The van der Waals surface area contributed by atoms with Crippen LogP contribution >= 0.6 is 0 Å². The Kier molecular flexibility index (Phi) is 4.42. The molecule has 4 aliphatic rings. The SMILES string of the molecule is CC1=C(C)[C@H]2[C@H](C)NC(=O)[C@]23C(=O)C[C@H](O)[C@]2(C)O[C@@H]2[C@@H](C)C/C=C/[C@H]3[C@@H]1O. The molecule has 0 saturated carbocycles. The number of nitrogens with one attached hydrogen (secondary N) is 1. The van der Waals surface area contributed by atoms with Crippen LogP contribution in [-0.4, -0.2) is 51.9 Å². The van der Waals surface area contributed by atoms with E-state index in [0.717, 1.165) is 11.1 Å². The van der Waals surface area contributed by atoms with Crippen LogP contribution in [0, 0.1) is 23.2 Å². The van der Waals surface area contributed by atoms with Gasteiger partial charge in [-0.05, 0) is 45.6 Å². The Bertz CT molecular complexity index is 788. The first-order valence-corrected chi connectivity index (χ1v) is 10.3. The molecule has 3 N–H and O–H groups in total. The highest BCUT2D eigenvalue weighted by Gasteiger charge is 2.68. The fourth-order valence-electron chi connectivity index (χ4n) is 6.06. The highest BCUT2D eigenvalue weighted by molar-refractivity contribution is 6.09. The number of hydrogen-bond acceptors (Lipinski definition) is 5. The Morgan fingerprint density at radius 3 is 2.54 bits per heavy atom. The van der Waals surface area contributed by atoms with Crippen LogP contribution in [0.3, 0.4) is 0 Å². The van der Waals surface area contributed by atoms with Gasteiger partial charge in [-0.25, -0.2) is 0 Å². The van der Waals surface area contributed by atoms with Crippen LogP contribution in [0.2, 0.25) is 0 Å². The van der Waals surface area contributed by atoms with Gasteiger partial charge in [-0.1, -0.05) is 24.6 Å². The van der Waals surface area contributed by atoms with Crippen molar-refractivity contribution < 1.29 is 24.5 Å². The summed E-state index contributed by atoms with van der Waals surface area (Å²) in [4.78, 5) is 27.0. The summed E-state index contributed by atoms with van der Waals surface area (Å²) < 4.78 is 5.81. The van der Waals surface area contributed by atoms with Crippen molar-refractivity contribution in [3.8, 4) is 0 Å². The lowest BCUT2D eigenvalue weighted by molar-refractivity contribution is -0.149. The zero-order valence-electron chi connectivity index (χ0n) is 17.2. The Morgan fingerprint density at radius 2 is 1.86 bits per heavy atom. The van der Waals surface area contributed by atoms with Crippen molar-refractivity contribution in [2.75, 3.05) is 0 Å². The molecule has 28 heavy (non-hydrogen) atoms. The number of aliphatic hydroxyl groups is 2. The van der Waals surface area contributed by atoms with Gasteiger partial charge in [-0.3, -0.25) is 9.59 Å². The second-order valence-electron chi connectivity index (χ2n) is 9.45. The molecule has 2 aliphatic heterocycles. The Hall–Kier alpha value is -1.50. The lowest BCUT2D eigenvalue weighted by Crippen LogP contribution is -2.56. The minimum atomic E-state index is -1.39. The van der Waals surface area contributed by atoms with Gasteiger partial charge in [0.15, 0.2) is 5.78 Å². The van der Waals surface area contributed by atoms with Crippen molar-refractivity contribution in [1.29, 1.82) is 0 Å². The molecule has 9 atom stereocenters. The van der Waals surface area contributed by atoms with Gasteiger partial charge < -0.3 is 20.3 Å². The van der Waals surface area contributed by atoms with Gasteiger partial charge in [0.1, 0.15) is 11.0 Å². The van der Waals surface area contributed by atoms with Gasteiger partial charge in [0.2, 0.25) is 5.91 Å². The number of carbonyl (C=O) groups is 2. The van der Waals surface area contributed by atoms with Crippen LogP contribution in [0.4, 0.5) is 0 Å². The van der Waals surface area contributed by atoms with Crippen molar-refractivity contribution >= 4 is 11.7 Å². The van der Waals surface area contributed by atoms with Gasteiger partial charge in [-0.15, -0.1) is 0 Å². The zero-order chi connectivity index (χ0) is 20.6. The van der Waals surface area contributed by atoms with Crippen LogP contribution in [0.5, 0.6) is 0 Å². The Labute approximate surface area is 166 Å². The zero-order valence-corrected chi connectivity index (χ0v) is 17.2. The third kappa shape index (κ3) is 2.37. The molecule has 0 unspecified atom stereocenters. The number of hydrogen-bond donors (Lipinski definition) is 3. The number of rotatable bonds is 0. The fourth-order valence-corrected chi connectivity index (χ4v) is 6.06. The van der Waals surface area contributed by atoms with Crippen molar-refractivity contribution in [2.24, 2.45) is 23.2 Å². The van der Waals surface area contributed by atoms with Gasteiger partial charge in [0.05, 0.1) is 18.3 Å². The van der Waals surface area contributed by atoms with E-state index in [-0.39, 0.29) is 42.1 Å². The molecule has 0 aromatic carbocycles. The summed E-state index contributed by atoms with van der Waals surface area (Å²) in [5.41, 5.74) is -0.438. The third-order valence-electron chi connectivity index (χ3n) is 7.88. The van der Waals surface area contributed by atoms with Crippen LogP contribution < -0.4 is 5.32 Å². The Morgan fingerprint density at radius 1 is 1.18 bits per heavy atom. The molecule has 2 saturated heterocycles. The number of ether oxygens (including phenoxy) is 1. The molecule has 6 nitrogen and oxygen atoms in total. The monoisotopic (exact) mass is 389 g/mol. The number of aliphatic hydroxyl groups excluding tert-OH is 2. The Balaban J connectivity index is 1.88. The topological polar surface area (TPSA) is 99.2 Å². The number of fused-ring (bicyclic) bond motifs is 1. The van der Waals surface area contributed by atoms with Gasteiger partial charge >= 0.3 is 0 Å². The first-order valence-electron chi connectivity index (χ1n) is 10.3. The average molecular weight is 389 g/mol. The van der Waals surface area contributed by atoms with E-state index in [1.54, 1.807) is 0 Å². The van der Waals surface area contributed by atoms with E-state index in [4.69, 9.17) is 4.74 Å². The lowest BCUT2D eigenvalue weighted by Gasteiger charge is -2.46. The van der Waals surface area contributed by atoms with Crippen LogP contribution in [0.15, 0.2) is 23.3 Å². The van der Waals surface area contributed by atoms with E-state index in [0.29, 0.717) is 6.42 Å². The number of carbonyl (C=O) groups excluding carboxylic acids is 2. The van der Waals surface area contributed by atoms with Gasteiger partial charge in [0, 0.05) is 24.3 Å². The van der Waals surface area contributed by atoms with E-state index < -0.39 is 29.1 Å². The molecule has 0 aromatic rings. The molecular formula is C22H31NO5. The molecule has 2 fully saturated rings. The summed E-state index contributed by atoms with van der Waals surface area (Å²) in [6, 6.07) is -0.212. The molecule has 0 bridgehead atoms.